The van der Waals surface area contributed by atoms with Gasteiger partial charge in [-0.1, -0.05) is 12.1 Å². The van der Waals surface area contributed by atoms with Crippen molar-refractivity contribution in [3.63, 3.8) is 0 Å². The van der Waals surface area contributed by atoms with Crippen molar-refractivity contribution >= 4 is 0 Å². The van der Waals surface area contributed by atoms with Crippen molar-refractivity contribution in [2.75, 3.05) is 20.2 Å². The Morgan fingerprint density at radius 3 is 2.19 bits per heavy atom. The molecule has 1 unspecified atom stereocenters. The van der Waals surface area contributed by atoms with Crippen molar-refractivity contribution in [2.24, 2.45) is 0 Å². The van der Waals surface area contributed by atoms with Crippen LogP contribution in [0.2, 0.25) is 0 Å². The maximum absolute atomic E-state index is 12.3. The Morgan fingerprint density at radius 2 is 1.81 bits per heavy atom. The summed E-state index contributed by atoms with van der Waals surface area (Å²) >= 11 is 0. The van der Waals surface area contributed by atoms with E-state index in [9.17, 15) is 13.2 Å². The zero-order valence-corrected chi connectivity index (χ0v) is 8.88. The molecule has 0 aliphatic carbocycles. The number of hydrogen-bond donors (Lipinski definition) is 2. The fourth-order valence-corrected chi connectivity index (χ4v) is 1.48. The second-order valence-electron chi connectivity index (χ2n) is 3.56. The molecule has 0 amide bonds. The summed E-state index contributed by atoms with van der Waals surface area (Å²) in [4.78, 5) is 0. The summed E-state index contributed by atoms with van der Waals surface area (Å²) in [6, 6.07) is 4.88. The molecule has 0 aromatic heterocycles. The maximum atomic E-state index is 12.3. The van der Waals surface area contributed by atoms with Gasteiger partial charge in [-0.05, 0) is 24.7 Å². The van der Waals surface area contributed by atoms with Crippen molar-refractivity contribution in [3.8, 4) is 0 Å². The van der Waals surface area contributed by atoms with Crippen LogP contribution in [-0.2, 0) is 6.18 Å². The molecule has 2 N–H and O–H groups in total. The molecule has 1 atom stereocenters. The van der Waals surface area contributed by atoms with Crippen molar-refractivity contribution < 1.29 is 18.3 Å². The van der Waals surface area contributed by atoms with E-state index in [1.807, 2.05) is 0 Å². The minimum Gasteiger partial charge on any atom is -0.396 e. The van der Waals surface area contributed by atoms with Gasteiger partial charge in [0, 0.05) is 12.5 Å². The minimum atomic E-state index is -4.31. The van der Waals surface area contributed by atoms with Crippen LogP contribution in [0.4, 0.5) is 13.2 Å². The van der Waals surface area contributed by atoms with Gasteiger partial charge < -0.3 is 10.4 Å². The van der Waals surface area contributed by atoms with Gasteiger partial charge in [-0.25, -0.2) is 0 Å². The number of aliphatic hydroxyl groups excluding tert-OH is 1. The van der Waals surface area contributed by atoms with Crippen LogP contribution in [0.15, 0.2) is 24.3 Å². The van der Waals surface area contributed by atoms with Crippen LogP contribution < -0.4 is 5.32 Å². The predicted octanol–water partition coefficient (Wildman–Crippen LogP) is 2.00. The van der Waals surface area contributed by atoms with Gasteiger partial charge in [0.2, 0.25) is 0 Å². The lowest BCUT2D eigenvalue weighted by Crippen LogP contribution is -2.20. The number of aliphatic hydroxyl groups is 1. The average molecular weight is 233 g/mol. The minimum absolute atomic E-state index is 0.0911. The number of benzene rings is 1. The summed E-state index contributed by atoms with van der Waals surface area (Å²) in [5.74, 6) is -0.174. The van der Waals surface area contributed by atoms with Gasteiger partial charge in [0.15, 0.2) is 0 Å². The molecule has 0 radical (unpaired) electrons. The van der Waals surface area contributed by atoms with Gasteiger partial charge >= 0.3 is 6.18 Å². The summed E-state index contributed by atoms with van der Waals surface area (Å²) in [5, 5.41) is 12.0. The molecule has 1 aromatic rings. The molecule has 2 nitrogen and oxygen atoms in total. The van der Waals surface area contributed by atoms with Crippen LogP contribution >= 0.6 is 0 Å². The first-order valence-corrected chi connectivity index (χ1v) is 4.91. The number of nitrogens with one attached hydrogen (secondary N) is 1. The molecule has 0 saturated carbocycles. The van der Waals surface area contributed by atoms with Crippen molar-refractivity contribution in [3.05, 3.63) is 35.4 Å². The van der Waals surface area contributed by atoms with E-state index < -0.39 is 11.7 Å². The zero-order valence-electron chi connectivity index (χ0n) is 8.88. The first-order valence-electron chi connectivity index (χ1n) is 4.91. The molecular weight excluding hydrogens is 219 g/mol. The fraction of sp³-hybridized carbons (Fsp3) is 0.455. The first-order chi connectivity index (χ1) is 7.49. The molecule has 0 fully saturated rings. The monoisotopic (exact) mass is 233 g/mol. The van der Waals surface area contributed by atoms with Gasteiger partial charge in [0.05, 0.1) is 12.2 Å². The van der Waals surface area contributed by atoms with E-state index in [-0.39, 0.29) is 12.5 Å². The van der Waals surface area contributed by atoms with E-state index in [2.05, 4.69) is 5.32 Å². The van der Waals surface area contributed by atoms with Gasteiger partial charge in [-0.2, -0.15) is 13.2 Å². The summed E-state index contributed by atoms with van der Waals surface area (Å²) in [6.45, 7) is 0.439. The number of rotatable bonds is 4. The van der Waals surface area contributed by atoms with E-state index in [0.717, 1.165) is 12.1 Å². The maximum Gasteiger partial charge on any atom is 0.416 e. The zero-order chi connectivity index (χ0) is 12.2. The van der Waals surface area contributed by atoms with Crippen molar-refractivity contribution in [2.45, 2.75) is 12.1 Å². The summed E-state index contributed by atoms with van der Waals surface area (Å²) in [6.07, 6.45) is -4.31. The average Bonchev–Trinajstić information content (AvgIpc) is 2.25. The highest BCUT2D eigenvalue weighted by atomic mass is 19.4. The van der Waals surface area contributed by atoms with Crippen molar-refractivity contribution in [1.82, 2.24) is 5.32 Å². The number of alkyl halides is 3. The largest absolute Gasteiger partial charge is 0.416 e. The summed E-state index contributed by atoms with van der Waals surface area (Å²) in [5.41, 5.74) is 0.0299. The van der Waals surface area contributed by atoms with Gasteiger partial charge in [0.25, 0.3) is 0 Å². The Labute approximate surface area is 92.1 Å². The molecule has 0 spiro atoms. The Morgan fingerprint density at radius 1 is 1.25 bits per heavy atom. The predicted molar refractivity (Wildman–Crippen MR) is 55.2 cm³/mol. The molecule has 1 rings (SSSR count). The third kappa shape index (κ3) is 3.21. The van der Waals surface area contributed by atoms with Gasteiger partial charge in [-0.3, -0.25) is 0 Å². The van der Waals surface area contributed by atoms with E-state index in [4.69, 9.17) is 5.11 Å². The van der Waals surface area contributed by atoms with E-state index in [1.54, 1.807) is 7.05 Å². The highest BCUT2D eigenvalue weighted by Gasteiger charge is 2.30. The van der Waals surface area contributed by atoms with E-state index in [0.29, 0.717) is 12.1 Å². The number of halogens is 3. The number of hydrogen-bond acceptors (Lipinski definition) is 2. The summed E-state index contributed by atoms with van der Waals surface area (Å²) < 4.78 is 36.9. The molecule has 90 valence electrons. The molecule has 16 heavy (non-hydrogen) atoms. The molecule has 0 heterocycles. The normalized spacial score (nSPS) is 13.8. The highest BCUT2D eigenvalue weighted by Crippen LogP contribution is 2.30. The lowest BCUT2D eigenvalue weighted by atomic mass is 9.98. The Balaban J connectivity index is 2.85. The SMILES string of the molecule is CNCC(CO)c1ccc(C(F)(F)F)cc1. The molecule has 1 aromatic carbocycles. The quantitative estimate of drug-likeness (QED) is 0.833. The van der Waals surface area contributed by atoms with Gasteiger partial charge in [-0.15, -0.1) is 0 Å². The van der Waals surface area contributed by atoms with Crippen LogP contribution in [0.5, 0.6) is 0 Å². The lowest BCUT2D eigenvalue weighted by Gasteiger charge is -2.15. The molecule has 0 aliphatic rings. The molecular formula is C11H14F3NO. The standard InChI is InChI=1S/C11H14F3NO/c1-15-6-9(7-16)8-2-4-10(5-3-8)11(12,13)14/h2-5,9,15-16H,6-7H2,1H3. The van der Waals surface area contributed by atoms with Crippen LogP contribution in [0.3, 0.4) is 0 Å². The molecule has 0 aliphatic heterocycles. The first kappa shape index (κ1) is 13.0. The Bertz CT molecular complexity index is 321. The third-order valence-electron chi connectivity index (χ3n) is 2.38. The van der Waals surface area contributed by atoms with Crippen LogP contribution in [-0.4, -0.2) is 25.3 Å². The third-order valence-corrected chi connectivity index (χ3v) is 2.38. The van der Waals surface area contributed by atoms with Crippen LogP contribution in [0, 0.1) is 0 Å². The molecule has 0 saturated heterocycles. The molecule has 0 bridgehead atoms. The lowest BCUT2D eigenvalue weighted by molar-refractivity contribution is -0.137. The number of likely N-dealkylation sites (N-methyl/N-ethyl adjacent to an activating group) is 1. The van der Waals surface area contributed by atoms with Crippen LogP contribution in [0.1, 0.15) is 17.0 Å². The highest BCUT2D eigenvalue weighted by molar-refractivity contribution is 5.27. The van der Waals surface area contributed by atoms with Gasteiger partial charge in [0.1, 0.15) is 0 Å². The molecule has 5 heteroatoms. The van der Waals surface area contributed by atoms with E-state index in [1.165, 1.54) is 12.1 Å². The summed E-state index contributed by atoms with van der Waals surface area (Å²) in [7, 11) is 1.73. The second-order valence-corrected chi connectivity index (χ2v) is 3.56. The topological polar surface area (TPSA) is 32.3 Å². The smallest absolute Gasteiger partial charge is 0.396 e. The fourth-order valence-electron chi connectivity index (χ4n) is 1.48. The second kappa shape index (κ2) is 5.32. The van der Waals surface area contributed by atoms with Crippen LogP contribution in [0.25, 0.3) is 0 Å². The Kier molecular flexibility index (Phi) is 4.32. The Hall–Kier alpha value is -1.07. The van der Waals surface area contributed by atoms with E-state index >= 15 is 0 Å². The van der Waals surface area contributed by atoms with Crippen molar-refractivity contribution in [1.29, 1.82) is 0 Å².